The average Bonchev–Trinajstić information content (AvgIpc) is 2.46. The molecule has 0 heterocycles. The van der Waals surface area contributed by atoms with Crippen molar-refractivity contribution in [3.05, 3.63) is 12.2 Å². The van der Waals surface area contributed by atoms with Gasteiger partial charge in [-0.15, -0.1) is 0 Å². The summed E-state index contributed by atoms with van der Waals surface area (Å²) >= 11 is 0. The molecule has 0 aliphatic rings. The van der Waals surface area contributed by atoms with Crippen molar-refractivity contribution in [2.45, 2.75) is 45.4 Å². The van der Waals surface area contributed by atoms with Gasteiger partial charge in [-0.2, -0.15) is 0 Å². The van der Waals surface area contributed by atoms with Crippen molar-refractivity contribution in [2.24, 2.45) is 4.99 Å². The Morgan fingerprint density at radius 1 is 1.23 bits per heavy atom. The van der Waals surface area contributed by atoms with E-state index in [1.807, 2.05) is 6.08 Å². The Balaban J connectivity index is 0. The summed E-state index contributed by atoms with van der Waals surface area (Å²) in [6.45, 7) is 3.22. The Morgan fingerprint density at radius 3 is 2.50 bits per heavy atom. The smallest absolute Gasteiger partial charge is 0.862 e. The van der Waals surface area contributed by atoms with Gasteiger partial charge in [-0.05, 0) is 31.6 Å². The van der Waals surface area contributed by atoms with Gasteiger partial charge in [0.15, 0.2) is 0 Å². The fraction of sp³-hybridized carbons (Fsp3) is 0.733. The zero-order chi connectivity index (χ0) is 15.9. The number of hydrogen-bond donors (Lipinski definition) is 2. The molecule has 0 fully saturated rings. The summed E-state index contributed by atoms with van der Waals surface area (Å²) in [5.41, 5.74) is 0. The number of aliphatic carboxylic acids is 1. The number of aliphatic hydroxyl groups is 1. The second kappa shape index (κ2) is 17.0. The van der Waals surface area contributed by atoms with Gasteiger partial charge in [-0.1, -0.05) is 25.5 Å². The number of hydrogen-bond acceptors (Lipinski definition) is 5. The van der Waals surface area contributed by atoms with E-state index in [-0.39, 0.29) is 55.2 Å². The van der Waals surface area contributed by atoms with Crippen LogP contribution in [0.3, 0.4) is 0 Å². The molecule has 0 aromatic heterocycles. The maximum absolute atomic E-state index is 11.6. The Hall–Kier alpha value is -0.400. The first-order valence-corrected chi connectivity index (χ1v) is 7.50. The molecule has 0 aromatic carbocycles. The van der Waals surface area contributed by atoms with Crippen molar-refractivity contribution < 1.29 is 49.7 Å². The number of carboxylic acids is 1. The molecule has 6 nitrogen and oxygen atoms in total. The minimum Gasteiger partial charge on any atom is -0.862 e. The molecular weight excluding hydrogens is 295 g/mol. The van der Waals surface area contributed by atoms with E-state index in [2.05, 4.69) is 18.0 Å². The number of carbonyl (C=O) groups is 1. The van der Waals surface area contributed by atoms with Gasteiger partial charge < -0.3 is 15.3 Å². The van der Waals surface area contributed by atoms with Crippen molar-refractivity contribution in [3.63, 3.8) is 0 Å². The predicted octanol–water partition coefficient (Wildman–Crippen LogP) is -2.00. The van der Waals surface area contributed by atoms with Crippen molar-refractivity contribution in [1.29, 1.82) is 0 Å². The molecule has 0 aliphatic heterocycles. The molecular formula is C15H27N2NaO4. The van der Waals surface area contributed by atoms with E-state index >= 15 is 0 Å². The van der Waals surface area contributed by atoms with Crippen LogP contribution in [0.1, 0.15) is 45.4 Å². The normalized spacial score (nSPS) is 11.9. The first kappa shape index (κ1) is 23.9. The average molecular weight is 322 g/mol. The molecule has 0 rings (SSSR count). The quantitative estimate of drug-likeness (QED) is 0.177. The molecule has 0 aliphatic carbocycles. The van der Waals surface area contributed by atoms with E-state index in [0.717, 1.165) is 12.8 Å². The van der Waals surface area contributed by atoms with Gasteiger partial charge in [-0.25, -0.2) is 0 Å². The SMILES string of the molecule is CCC/C=C/CCC([O-])=NCN(CCCO)CCC(=O)O.[Na+]. The number of aliphatic imine (C=N–C) groups is 1. The molecule has 22 heavy (non-hydrogen) atoms. The maximum atomic E-state index is 11.6. The molecule has 0 saturated heterocycles. The van der Waals surface area contributed by atoms with Crippen LogP contribution in [0.25, 0.3) is 0 Å². The molecule has 0 spiro atoms. The number of rotatable bonds is 13. The molecule has 0 unspecified atom stereocenters. The van der Waals surface area contributed by atoms with Crippen LogP contribution in [0.2, 0.25) is 0 Å². The molecule has 122 valence electrons. The van der Waals surface area contributed by atoms with Gasteiger partial charge in [0.1, 0.15) is 0 Å². The molecule has 0 aromatic rings. The van der Waals surface area contributed by atoms with Gasteiger partial charge in [0.25, 0.3) is 0 Å². The van der Waals surface area contributed by atoms with Gasteiger partial charge in [0.05, 0.1) is 13.1 Å². The van der Waals surface area contributed by atoms with Gasteiger partial charge in [-0.3, -0.25) is 14.7 Å². The number of nitrogens with zero attached hydrogens (tertiary/aromatic N) is 2. The predicted molar refractivity (Wildman–Crippen MR) is 81.1 cm³/mol. The third kappa shape index (κ3) is 16.0. The molecule has 7 heteroatoms. The number of allylic oxidation sites excluding steroid dienone is 2. The fourth-order valence-electron chi connectivity index (χ4n) is 1.67. The second-order valence-corrected chi connectivity index (χ2v) is 4.83. The molecule has 0 amide bonds. The Bertz CT molecular complexity index is 336. The maximum Gasteiger partial charge on any atom is 1.00 e. The van der Waals surface area contributed by atoms with Crippen LogP contribution in [0.15, 0.2) is 17.1 Å². The van der Waals surface area contributed by atoms with Gasteiger partial charge in [0.2, 0.25) is 0 Å². The second-order valence-electron chi connectivity index (χ2n) is 4.83. The molecule has 0 bridgehead atoms. The summed E-state index contributed by atoms with van der Waals surface area (Å²) < 4.78 is 0. The number of aliphatic hydroxyl groups excluding tert-OH is 1. The van der Waals surface area contributed by atoms with E-state index in [1.165, 1.54) is 0 Å². The van der Waals surface area contributed by atoms with Crippen LogP contribution >= 0.6 is 0 Å². The number of carboxylic acid groups (broad SMARTS) is 1. The van der Waals surface area contributed by atoms with Crippen molar-refractivity contribution in [1.82, 2.24) is 4.90 Å². The van der Waals surface area contributed by atoms with Crippen molar-refractivity contribution in [2.75, 3.05) is 26.4 Å². The first-order chi connectivity index (χ1) is 10.1. The van der Waals surface area contributed by atoms with Crippen LogP contribution in [0.5, 0.6) is 0 Å². The summed E-state index contributed by atoms with van der Waals surface area (Å²) in [5, 5.41) is 29.1. The third-order valence-corrected chi connectivity index (χ3v) is 2.87. The van der Waals surface area contributed by atoms with Crippen LogP contribution in [-0.2, 0) is 4.79 Å². The minimum atomic E-state index is -0.878. The number of unbranched alkanes of at least 4 members (excludes halogenated alkanes) is 1. The molecule has 0 saturated carbocycles. The van der Waals surface area contributed by atoms with Crippen LogP contribution in [0.4, 0.5) is 0 Å². The van der Waals surface area contributed by atoms with E-state index in [9.17, 15) is 9.90 Å². The monoisotopic (exact) mass is 322 g/mol. The topological polar surface area (TPSA) is 96.2 Å². The standard InChI is InChI=1S/C15H28N2O4.Na/c1-2-3-4-5-6-8-14(19)16-13-17(10-7-12-18)11-9-15(20)21;/h4-5,18H,2-3,6-13H2,1H3,(H,16,19)(H,20,21);/q;+1/p-1/b5-4+;. The van der Waals surface area contributed by atoms with Gasteiger partial charge >= 0.3 is 35.5 Å². The Kier molecular flexibility index (Phi) is 18.4. The summed E-state index contributed by atoms with van der Waals surface area (Å²) in [4.78, 5) is 16.3. The van der Waals surface area contributed by atoms with Gasteiger partial charge in [0, 0.05) is 19.7 Å². The summed E-state index contributed by atoms with van der Waals surface area (Å²) in [6.07, 6.45) is 7.80. The zero-order valence-corrected chi connectivity index (χ0v) is 15.8. The van der Waals surface area contributed by atoms with Crippen LogP contribution in [-0.4, -0.2) is 53.3 Å². The van der Waals surface area contributed by atoms with Crippen molar-refractivity contribution >= 4 is 11.9 Å². The summed E-state index contributed by atoms with van der Waals surface area (Å²) in [6, 6.07) is 0. The van der Waals surface area contributed by atoms with Crippen LogP contribution in [0, 0.1) is 0 Å². The Labute approximate surface area is 155 Å². The fourth-order valence-corrected chi connectivity index (χ4v) is 1.67. The molecule has 2 N–H and O–H groups in total. The van der Waals surface area contributed by atoms with E-state index < -0.39 is 5.97 Å². The van der Waals surface area contributed by atoms with E-state index in [0.29, 0.717) is 32.4 Å². The zero-order valence-electron chi connectivity index (χ0n) is 13.8. The largest absolute Gasteiger partial charge is 1.00 e. The molecule has 0 atom stereocenters. The Morgan fingerprint density at radius 2 is 1.91 bits per heavy atom. The third-order valence-electron chi connectivity index (χ3n) is 2.87. The van der Waals surface area contributed by atoms with Crippen LogP contribution < -0.4 is 34.7 Å². The minimum absolute atomic E-state index is 0. The summed E-state index contributed by atoms with van der Waals surface area (Å²) in [7, 11) is 0. The molecule has 0 radical (unpaired) electrons. The van der Waals surface area contributed by atoms with Crippen molar-refractivity contribution in [3.8, 4) is 0 Å². The first-order valence-electron chi connectivity index (χ1n) is 7.50. The van der Waals surface area contributed by atoms with E-state index in [1.54, 1.807) is 4.90 Å². The summed E-state index contributed by atoms with van der Waals surface area (Å²) in [5.74, 6) is -1.04. The van der Waals surface area contributed by atoms with E-state index in [4.69, 9.17) is 10.2 Å².